The number of hydrogen-bond acceptors (Lipinski definition) is 4. The maximum absolute atomic E-state index is 14.1. The number of halogens is 1. The zero-order chi connectivity index (χ0) is 23.9. The molecule has 4 rings (SSSR count). The Kier molecular flexibility index (Phi) is 7.27. The number of anilines is 2. The van der Waals surface area contributed by atoms with Crippen LogP contribution in [0.4, 0.5) is 20.6 Å². The molecule has 1 saturated heterocycles. The summed E-state index contributed by atoms with van der Waals surface area (Å²) in [6, 6.07) is 20.4. The van der Waals surface area contributed by atoms with Crippen LogP contribution < -0.4 is 19.7 Å². The van der Waals surface area contributed by atoms with E-state index in [9.17, 15) is 14.0 Å². The second-order valence-corrected chi connectivity index (χ2v) is 7.84. The Morgan fingerprint density at radius 3 is 2.56 bits per heavy atom. The number of carbonyl (C=O) groups is 2. The number of methoxy groups -OCH3 is 1. The van der Waals surface area contributed by atoms with Gasteiger partial charge in [-0.1, -0.05) is 36.4 Å². The van der Waals surface area contributed by atoms with Gasteiger partial charge in [0.05, 0.1) is 19.3 Å². The molecule has 0 atom stereocenters. The Labute approximate surface area is 197 Å². The van der Waals surface area contributed by atoms with Gasteiger partial charge in [0.1, 0.15) is 17.3 Å². The number of amides is 3. The van der Waals surface area contributed by atoms with Crippen LogP contribution in [0.25, 0.3) is 0 Å². The number of para-hydroxylation sites is 1. The summed E-state index contributed by atoms with van der Waals surface area (Å²) in [5, 5.41) is 2.80. The average molecular weight is 464 g/mol. The van der Waals surface area contributed by atoms with E-state index in [-0.39, 0.29) is 30.9 Å². The van der Waals surface area contributed by atoms with Crippen molar-refractivity contribution in [2.45, 2.75) is 13.0 Å². The van der Waals surface area contributed by atoms with Crippen molar-refractivity contribution in [3.63, 3.8) is 0 Å². The molecule has 8 heteroatoms. The van der Waals surface area contributed by atoms with E-state index in [1.54, 1.807) is 58.3 Å². The molecular weight excluding hydrogens is 437 g/mol. The van der Waals surface area contributed by atoms with Crippen molar-refractivity contribution in [1.29, 1.82) is 0 Å². The molecule has 3 aromatic carbocycles. The molecule has 7 nitrogen and oxygen atoms in total. The van der Waals surface area contributed by atoms with Crippen LogP contribution >= 0.6 is 0 Å². The van der Waals surface area contributed by atoms with Gasteiger partial charge in [0.15, 0.2) is 6.61 Å². The minimum atomic E-state index is -0.340. The van der Waals surface area contributed by atoms with Gasteiger partial charge in [0, 0.05) is 24.3 Å². The Morgan fingerprint density at radius 1 is 1.03 bits per heavy atom. The largest absolute Gasteiger partial charge is 0.495 e. The van der Waals surface area contributed by atoms with Crippen LogP contribution in [-0.4, -0.2) is 43.6 Å². The Balaban J connectivity index is 1.47. The Bertz CT molecular complexity index is 1160. The lowest BCUT2D eigenvalue weighted by Crippen LogP contribution is -2.49. The van der Waals surface area contributed by atoms with Crippen molar-refractivity contribution < 1.29 is 23.5 Å². The van der Waals surface area contributed by atoms with E-state index >= 15 is 0 Å². The van der Waals surface area contributed by atoms with Gasteiger partial charge in [-0.3, -0.25) is 9.69 Å². The van der Waals surface area contributed by atoms with E-state index in [2.05, 4.69) is 5.32 Å². The number of ether oxygens (including phenoxy) is 2. The SMILES string of the molecule is COc1ccc(NC(=O)COc2ccccc2)cc1N1CCCN(Cc2ccccc2F)C1=O. The van der Waals surface area contributed by atoms with Crippen LogP contribution in [0.15, 0.2) is 72.8 Å². The fourth-order valence-corrected chi connectivity index (χ4v) is 3.83. The Hall–Kier alpha value is -4.07. The van der Waals surface area contributed by atoms with Crippen molar-refractivity contribution in [2.24, 2.45) is 0 Å². The van der Waals surface area contributed by atoms with Crippen molar-refractivity contribution in [3.8, 4) is 11.5 Å². The van der Waals surface area contributed by atoms with Crippen molar-refractivity contribution in [2.75, 3.05) is 37.0 Å². The minimum Gasteiger partial charge on any atom is -0.495 e. The third-order valence-electron chi connectivity index (χ3n) is 5.50. The smallest absolute Gasteiger partial charge is 0.324 e. The molecule has 0 spiro atoms. The van der Waals surface area contributed by atoms with Crippen molar-refractivity contribution in [1.82, 2.24) is 4.90 Å². The van der Waals surface area contributed by atoms with Crippen LogP contribution in [0.1, 0.15) is 12.0 Å². The molecule has 0 unspecified atom stereocenters. The fraction of sp³-hybridized carbons (Fsp3) is 0.231. The zero-order valence-corrected chi connectivity index (χ0v) is 18.9. The fourth-order valence-electron chi connectivity index (χ4n) is 3.83. The molecule has 0 saturated carbocycles. The number of carbonyl (C=O) groups excluding carboxylic acids is 2. The number of nitrogens with one attached hydrogen (secondary N) is 1. The van der Waals surface area contributed by atoms with E-state index < -0.39 is 0 Å². The second kappa shape index (κ2) is 10.7. The van der Waals surface area contributed by atoms with Gasteiger partial charge in [-0.2, -0.15) is 0 Å². The summed E-state index contributed by atoms with van der Waals surface area (Å²) < 4.78 is 25.1. The van der Waals surface area contributed by atoms with E-state index in [0.29, 0.717) is 47.9 Å². The first-order chi connectivity index (χ1) is 16.5. The molecule has 3 aromatic rings. The van der Waals surface area contributed by atoms with Crippen LogP contribution in [0.2, 0.25) is 0 Å². The van der Waals surface area contributed by atoms with E-state index in [1.807, 2.05) is 18.2 Å². The lowest BCUT2D eigenvalue weighted by molar-refractivity contribution is -0.118. The lowest BCUT2D eigenvalue weighted by atomic mass is 10.1. The van der Waals surface area contributed by atoms with Gasteiger partial charge >= 0.3 is 6.03 Å². The summed E-state index contributed by atoms with van der Waals surface area (Å²) in [5.74, 6) is 0.431. The van der Waals surface area contributed by atoms with Crippen LogP contribution in [0.3, 0.4) is 0 Å². The lowest BCUT2D eigenvalue weighted by Gasteiger charge is -2.36. The quantitative estimate of drug-likeness (QED) is 0.526. The number of urea groups is 1. The molecule has 34 heavy (non-hydrogen) atoms. The van der Waals surface area contributed by atoms with Crippen LogP contribution in [0, 0.1) is 5.82 Å². The predicted octanol–water partition coefficient (Wildman–Crippen LogP) is 4.68. The first-order valence-electron chi connectivity index (χ1n) is 11.0. The van der Waals surface area contributed by atoms with Gasteiger partial charge in [-0.05, 0) is 42.8 Å². The van der Waals surface area contributed by atoms with Gasteiger partial charge in [0.25, 0.3) is 5.91 Å². The molecule has 0 aromatic heterocycles. The van der Waals surface area contributed by atoms with Crippen LogP contribution in [0.5, 0.6) is 11.5 Å². The zero-order valence-electron chi connectivity index (χ0n) is 18.9. The number of nitrogens with zero attached hydrogens (tertiary/aromatic N) is 2. The number of rotatable bonds is 8. The van der Waals surface area contributed by atoms with Crippen molar-refractivity contribution >= 4 is 23.3 Å². The molecule has 3 amide bonds. The van der Waals surface area contributed by atoms with Gasteiger partial charge in [-0.25, -0.2) is 9.18 Å². The highest BCUT2D eigenvalue weighted by atomic mass is 19.1. The van der Waals surface area contributed by atoms with Crippen LogP contribution in [-0.2, 0) is 11.3 Å². The van der Waals surface area contributed by atoms with E-state index in [4.69, 9.17) is 9.47 Å². The first-order valence-corrected chi connectivity index (χ1v) is 11.0. The third kappa shape index (κ3) is 5.46. The van der Waals surface area contributed by atoms with Crippen molar-refractivity contribution in [3.05, 3.63) is 84.2 Å². The normalized spacial score (nSPS) is 13.5. The molecule has 1 N–H and O–H groups in total. The van der Waals surface area contributed by atoms with Gasteiger partial charge in [-0.15, -0.1) is 0 Å². The first kappa shape index (κ1) is 23.1. The Morgan fingerprint density at radius 2 is 1.79 bits per heavy atom. The monoisotopic (exact) mass is 463 g/mol. The summed E-state index contributed by atoms with van der Waals surface area (Å²) in [5.41, 5.74) is 1.51. The molecule has 0 bridgehead atoms. The third-order valence-corrected chi connectivity index (χ3v) is 5.50. The molecule has 1 heterocycles. The summed E-state index contributed by atoms with van der Waals surface area (Å²) >= 11 is 0. The standard InChI is InChI=1S/C26H26FN3O4/c1-33-24-13-12-20(28-25(31)18-34-21-9-3-2-4-10-21)16-23(24)30-15-7-14-29(26(30)32)17-19-8-5-6-11-22(19)27/h2-6,8-13,16H,7,14-15,17-18H2,1H3,(H,28,31). The summed E-state index contributed by atoms with van der Waals surface area (Å²) in [6.07, 6.45) is 0.713. The molecular formula is C26H26FN3O4. The molecule has 0 aliphatic carbocycles. The maximum Gasteiger partial charge on any atom is 0.324 e. The number of benzene rings is 3. The maximum atomic E-state index is 14.1. The topological polar surface area (TPSA) is 71.1 Å². The summed E-state index contributed by atoms with van der Waals surface area (Å²) in [7, 11) is 1.52. The highest BCUT2D eigenvalue weighted by Crippen LogP contribution is 2.34. The van der Waals surface area contributed by atoms with Gasteiger partial charge < -0.3 is 19.7 Å². The molecule has 1 aliphatic heterocycles. The molecule has 1 fully saturated rings. The number of hydrogen-bond donors (Lipinski definition) is 1. The summed E-state index contributed by atoms with van der Waals surface area (Å²) in [4.78, 5) is 28.9. The second-order valence-electron chi connectivity index (χ2n) is 7.84. The highest BCUT2D eigenvalue weighted by Gasteiger charge is 2.29. The minimum absolute atomic E-state index is 0.148. The highest BCUT2D eigenvalue weighted by molar-refractivity contribution is 5.97. The molecule has 1 aliphatic rings. The van der Waals surface area contributed by atoms with Gasteiger partial charge in [0.2, 0.25) is 0 Å². The predicted molar refractivity (Wildman–Crippen MR) is 128 cm³/mol. The average Bonchev–Trinajstić information content (AvgIpc) is 2.86. The summed E-state index contributed by atoms with van der Waals surface area (Å²) in [6.45, 7) is 1.04. The molecule has 176 valence electrons. The van der Waals surface area contributed by atoms with E-state index in [0.717, 1.165) is 0 Å². The van der Waals surface area contributed by atoms with E-state index in [1.165, 1.54) is 13.2 Å². The molecule has 0 radical (unpaired) electrons.